The fraction of sp³-hybridized carbons (Fsp3) is 0.0476. The molecule has 0 atom stereocenters. The third kappa shape index (κ3) is 3.55. The van der Waals surface area contributed by atoms with Crippen LogP contribution in [0.4, 0.5) is 26.4 Å². The van der Waals surface area contributed by atoms with Crippen LogP contribution in [0.3, 0.4) is 0 Å². The van der Waals surface area contributed by atoms with Gasteiger partial charge in [-0.25, -0.2) is 9.18 Å². The molecule has 2 amide bonds. The number of carbonyl (C=O) groups is 1. The lowest BCUT2D eigenvalue weighted by atomic mass is 10.0. The Hall–Kier alpha value is -4.07. The molecule has 0 aliphatic carbocycles. The highest BCUT2D eigenvalue weighted by Crippen LogP contribution is 2.36. The molecule has 0 aliphatic heterocycles. The lowest BCUT2D eigenvalue weighted by Crippen LogP contribution is -2.20. The lowest BCUT2D eigenvalue weighted by molar-refractivity contribution is 0.262. The van der Waals surface area contributed by atoms with Gasteiger partial charge in [0.2, 0.25) is 0 Å². The highest BCUT2D eigenvalue weighted by atomic mass is 19.1. The number of nitrogens with two attached hydrogens (primary N) is 1. The van der Waals surface area contributed by atoms with Crippen molar-refractivity contribution in [2.75, 3.05) is 16.4 Å². The third-order valence-corrected chi connectivity index (χ3v) is 4.55. The van der Waals surface area contributed by atoms with Gasteiger partial charge in [-0.2, -0.15) is 5.10 Å². The van der Waals surface area contributed by atoms with Gasteiger partial charge < -0.3 is 21.5 Å². The number of H-pyrrole nitrogens is 1. The summed E-state index contributed by atoms with van der Waals surface area (Å²) < 4.78 is 13.8. The molecular weight excluding hydrogens is 373 g/mol. The summed E-state index contributed by atoms with van der Waals surface area (Å²) in [6.45, 7) is 1.81. The fourth-order valence-electron chi connectivity index (χ4n) is 3.14. The summed E-state index contributed by atoms with van der Waals surface area (Å²) in [5.41, 5.74) is 9.50. The molecule has 4 aromatic rings. The number of aromatic hydroxyl groups is 1. The van der Waals surface area contributed by atoms with Crippen LogP contribution in [0.15, 0.2) is 54.6 Å². The number of nitrogen functional groups attached to an aromatic ring is 1. The van der Waals surface area contributed by atoms with Gasteiger partial charge in [0, 0.05) is 5.69 Å². The van der Waals surface area contributed by atoms with E-state index in [1.807, 2.05) is 6.92 Å². The first kappa shape index (κ1) is 18.3. The zero-order valence-electron chi connectivity index (χ0n) is 15.5. The second-order valence-electron chi connectivity index (χ2n) is 6.63. The average molecular weight is 391 g/mol. The number of nitrogens with one attached hydrogen (secondary N) is 3. The Morgan fingerprint density at radius 3 is 2.62 bits per heavy atom. The standard InChI is InChI=1S/C21H18FN5O2/c1-11-2-8-15(22)16(10-11)25-21(29)24-13-5-3-12(4-6-13)14-7-9-17(28)19-18(14)20(23)27-26-19/h2-10,28H,1H3,(H3,23,26,27)(H2,24,25,29). The minimum Gasteiger partial charge on any atom is -0.506 e. The Kier molecular flexibility index (Phi) is 4.52. The van der Waals surface area contributed by atoms with Gasteiger partial charge >= 0.3 is 6.03 Å². The molecule has 4 rings (SSSR count). The smallest absolute Gasteiger partial charge is 0.323 e. The fourth-order valence-corrected chi connectivity index (χ4v) is 3.14. The number of phenolic OH excluding ortho intramolecular Hbond substituents is 1. The van der Waals surface area contributed by atoms with E-state index in [0.717, 1.165) is 16.7 Å². The van der Waals surface area contributed by atoms with E-state index >= 15 is 0 Å². The molecule has 1 heterocycles. The number of nitrogens with zero attached hydrogens (tertiary/aromatic N) is 1. The quantitative estimate of drug-likeness (QED) is 0.351. The molecule has 0 radical (unpaired) electrons. The van der Waals surface area contributed by atoms with E-state index in [1.165, 1.54) is 6.07 Å². The number of hydrogen-bond donors (Lipinski definition) is 5. The predicted octanol–water partition coefficient (Wildman–Crippen LogP) is 4.61. The monoisotopic (exact) mass is 391 g/mol. The van der Waals surface area contributed by atoms with Crippen LogP contribution < -0.4 is 16.4 Å². The zero-order valence-corrected chi connectivity index (χ0v) is 15.5. The van der Waals surface area contributed by atoms with E-state index in [1.54, 1.807) is 48.5 Å². The van der Waals surface area contributed by atoms with E-state index in [-0.39, 0.29) is 17.3 Å². The maximum atomic E-state index is 13.8. The topological polar surface area (TPSA) is 116 Å². The van der Waals surface area contributed by atoms with Crippen molar-refractivity contribution in [3.63, 3.8) is 0 Å². The Morgan fingerprint density at radius 1 is 1.10 bits per heavy atom. The molecule has 0 spiro atoms. The number of halogens is 1. The maximum absolute atomic E-state index is 13.8. The van der Waals surface area contributed by atoms with Gasteiger partial charge in [0.05, 0.1) is 11.1 Å². The Balaban J connectivity index is 1.54. The number of aromatic amines is 1. The Bertz CT molecular complexity index is 1220. The van der Waals surface area contributed by atoms with Gasteiger partial charge in [0.25, 0.3) is 0 Å². The average Bonchev–Trinajstić information content (AvgIpc) is 3.09. The summed E-state index contributed by atoms with van der Waals surface area (Å²) in [5, 5.41) is 22.4. The van der Waals surface area contributed by atoms with Crippen LogP contribution in [0.1, 0.15) is 5.56 Å². The summed E-state index contributed by atoms with van der Waals surface area (Å²) in [6.07, 6.45) is 0. The molecule has 29 heavy (non-hydrogen) atoms. The van der Waals surface area contributed by atoms with Crippen LogP contribution in [-0.4, -0.2) is 21.3 Å². The molecule has 7 nitrogen and oxygen atoms in total. The van der Waals surface area contributed by atoms with E-state index in [2.05, 4.69) is 20.8 Å². The number of fused-ring (bicyclic) bond motifs is 1. The molecule has 0 fully saturated rings. The van der Waals surface area contributed by atoms with E-state index < -0.39 is 11.8 Å². The molecule has 6 N–H and O–H groups in total. The van der Waals surface area contributed by atoms with Crippen molar-refractivity contribution in [2.45, 2.75) is 6.92 Å². The van der Waals surface area contributed by atoms with Crippen molar-refractivity contribution in [1.29, 1.82) is 0 Å². The van der Waals surface area contributed by atoms with Crippen molar-refractivity contribution in [3.05, 3.63) is 66.0 Å². The molecular formula is C21H18FN5O2. The normalized spacial score (nSPS) is 10.8. The number of amides is 2. The summed E-state index contributed by atoms with van der Waals surface area (Å²) in [4.78, 5) is 12.2. The second-order valence-corrected chi connectivity index (χ2v) is 6.63. The minimum atomic E-state index is -0.548. The molecule has 0 bridgehead atoms. The van der Waals surface area contributed by atoms with Crippen molar-refractivity contribution in [3.8, 4) is 16.9 Å². The van der Waals surface area contributed by atoms with E-state index in [4.69, 9.17) is 5.73 Å². The molecule has 8 heteroatoms. The SMILES string of the molecule is Cc1ccc(F)c(NC(=O)Nc2ccc(-c3ccc(O)c4[nH]nc(N)c34)cc2)c1. The van der Waals surface area contributed by atoms with E-state index in [9.17, 15) is 14.3 Å². The van der Waals surface area contributed by atoms with Crippen LogP contribution >= 0.6 is 0 Å². The number of aromatic nitrogens is 2. The predicted molar refractivity (Wildman–Crippen MR) is 111 cm³/mol. The summed E-state index contributed by atoms with van der Waals surface area (Å²) in [7, 11) is 0. The van der Waals surface area contributed by atoms with Gasteiger partial charge in [0.15, 0.2) is 5.82 Å². The van der Waals surface area contributed by atoms with Crippen LogP contribution in [0.5, 0.6) is 5.75 Å². The molecule has 0 unspecified atom stereocenters. The molecule has 0 saturated carbocycles. The van der Waals surface area contributed by atoms with Gasteiger partial charge in [0.1, 0.15) is 17.1 Å². The first-order valence-corrected chi connectivity index (χ1v) is 8.82. The number of hydrogen-bond acceptors (Lipinski definition) is 4. The molecule has 0 saturated heterocycles. The summed E-state index contributed by atoms with van der Waals surface area (Å²) in [5.74, 6) is -0.158. The van der Waals surface area contributed by atoms with Crippen LogP contribution in [0.25, 0.3) is 22.0 Å². The highest BCUT2D eigenvalue weighted by molar-refractivity contribution is 6.04. The number of benzene rings is 3. The second kappa shape index (κ2) is 7.16. The number of rotatable bonds is 3. The van der Waals surface area contributed by atoms with Crippen molar-refractivity contribution < 1.29 is 14.3 Å². The third-order valence-electron chi connectivity index (χ3n) is 4.55. The molecule has 146 valence electrons. The number of carbonyl (C=O) groups excluding carboxylic acids is 1. The van der Waals surface area contributed by atoms with Gasteiger partial charge in [-0.3, -0.25) is 5.10 Å². The molecule has 1 aromatic heterocycles. The zero-order chi connectivity index (χ0) is 20.5. The van der Waals surface area contributed by atoms with Crippen LogP contribution in [-0.2, 0) is 0 Å². The van der Waals surface area contributed by atoms with Crippen molar-refractivity contribution in [2.24, 2.45) is 0 Å². The lowest BCUT2D eigenvalue weighted by Gasteiger charge is -2.10. The highest BCUT2D eigenvalue weighted by Gasteiger charge is 2.13. The minimum absolute atomic E-state index is 0.0614. The first-order valence-electron chi connectivity index (χ1n) is 8.82. The van der Waals surface area contributed by atoms with Crippen molar-refractivity contribution >= 4 is 34.1 Å². The van der Waals surface area contributed by atoms with Gasteiger partial charge in [-0.15, -0.1) is 0 Å². The Labute approximate surface area is 165 Å². The number of anilines is 3. The molecule has 3 aromatic carbocycles. The van der Waals surface area contributed by atoms with Gasteiger partial charge in [-0.05, 0) is 60.0 Å². The number of urea groups is 1. The van der Waals surface area contributed by atoms with E-state index in [0.29, 0.717) is 16.6 Å². The molecule has 0 aliphatic rings. The number of aryl methyl sites for hydroxylation is 1. The van der Waals surface area contributed by atoms with Crippen LogP contribution in [0.2, 0.25) is 0 Å². The van der Waals surface area contributed by atoms with Gasteiger partial charge in [-0.1, -0.05) is 18.2 Å². The Morgan fingerprint density at radius 2 is 1.86 bits per heavy atom. The maximum Gasteiger partial charge on any atom is 0.323 e. The summed E-state index contributed by atoms with van der Waals surface area (Å²) in [6, 6.07) is 14.3. The summed E-state index contributed by atoms with van der Waals surface area (Å²) >= 11 is 0. The van der Waals surface area contributed by atoms with Crippen molar-refractivity contribution in [1.82, 2.24) is 10.2 Å². The van der Waals surface area contributed by atoms with Crippen LogP contribution in [0, 0.1) is 12.7 Å². The first-order chi connectivity index (χ1) is 13.9. The largest absolute Gasteiger partial charge is 0.506 e. The number of phenols is 1.